The average Bonchev–Trinajstić information content (AvgIpc) is 2.96. The van der Waals surface area contributed by atoms with Crippen molar-refractivity contribution < 1.29 is 43.2 Å². The number of hydrogen-bond acceptors (Lipinski definition) is 9. The van der Waals surface area contributed by atoms with Crippen LogP contribution in [0.1, 0.15) is 20.8 Å². The number of carbonyl (C=O) groups is 3. The van der Waals surface area contributed by atoms with E-state index in [9.17, 15) is 19.5 Å². The molecule has 0 aromatic heterocycles. The van der Waals surface area contributed by atoms with E-state index in [1.807, 2.05) is 24.3 Å². The number of rotatable bonds is 6. The van der Waals surface area contributed by atoms with Gasteiger partial charge in [-0.2, -0.15) is 0 Å². The van der Waals surface area contributed by atoms with Gasteiger partial charge in [0.1, 0.15) is 12.7 Å². The number of benzene rings is 2. The van der Waals surface area contributed by atoms with Crippen LogP contribution in [0.15, 0.2) is 36.4 Å². The molecule has 9 heteroatoms. The molecule has 2 aromatic rings. The molecule has 4 atom stereocenters. The fourth-order valence-electron chi connectivity index (χ4n) is 3.20. The van der Waals surface area contributed by atoms with E-state index in [1.54, 1.807) is 6.07 Å². The van der Waals surface area contributed by atoms with Gasteiger partial charge in [0.05, 0.1) is 0 Å². The summed E-state index contributed by atoms with van der Waals surface area (Å²) in [5.41, 5.74) is 0. The van der Waals surface area contributed by atoms with Gasteiger partial charge in [0.25, 0.3) is 0 Å². The maximum Gasteiger partial charge on any atom is 0.303 e. The molecule has 1 heterocycles. The summed E-state index contributed by atoms with van der Waals surface area (Å²) in [6.07, 6.45) is -4.36. The maximum atomic E-state index is 11.6. The van der Waals surface area contributed by atoms with Gasteiger partial charge in [0, 0.05) is 20.8 Å². The molecule has 160 valence electrons. The van der Waals surface area contributed by atoms with E-state index < -0.39 is 42.5 Å². The molecule has 9 nitrogen and oxygen atoms in total. The van der Waals surface area contributed by atoms with Gasteiger partial charge in [-0.1, -0.05) is 24.3 Å². The number of carbonyl (C=O) groups excluding carboxylic acids is 3. The summed E-state index contributed by atoms with van der Waals surface area (Å²) >= 11 is 0. The summed E-state index contributed by atoms with van der Waals surface area (Å²) in [6.45, 7) is 3.36. The number of esters is 3. The van der Waals surface area contributed by atoms with Crippen LogP contribution in [0.5, 0.6) is 11.5 Å². The third-order valence-corrected chi connectivity index (χ3v) is 4.39. The average molecular weight is 418 g/mol. The molecule has 0 aliphatic carbocycles. The standard InChI is InChI=1S/C21H22O9/c1-11(22)26-10-18-19(27-12(2)23)20(28-13(3)24)21(30-18)29-17-9-15-7-5-4-6-14(15)8-16(17)25/h4-9,18-21,25H,10H2,1-3H3. The summed E-state index contributed by atoms with van der Waals surface area (Å²) in [4.78, 5) is 34.4. The summed E-state index contributed by atoms with van der Waals surface area (Å²) < 4.78 is 27.1. The zero-order chi connectivity index (χ0) is 21.8. The molecule has 2 aromatic carbocycles. The highest BCUT2D eigenvalue weighted by molar-refractivity contribution is 5.85. The van der Waals surface area contributed by atoms with Gasteiger partial charge in [0.2, 0.25) is 12.4 Å². The number of hydrogen-bond donors (Lipinski definition) is 1. The van der Waals surface area contributed by atoms with Crippen molar-refractivity contribution in [1.29, 1.82) is 0 Å². The lowest BCUT2D eigenvalue weighted by Gasteiger charge is -2.23. The van der Waals surface area contributed by atoms with Gasteiger partial charge >= 0.3 is 17.9 Å². The fourth-order valence-corrected chi connectivity index (χ4v) is 3.20. The Morgan fingerprint density at radius 1 is 0.933 bits per heavy atom. The molecule has 1 aliphatic heterocycles. The lowest BCUT2D eigenvalue weighted by molar-refractivity contribution is -0.170. The molecule has 0 amide bonds. The van der Waals surface area contributed by atoms with Gasteiger partial charge in [-0.3, -0.25) is 14.4 Å². The second kappa shape index (κ2) is 9.00. The van der Waals surface area contributed by atoms with Crippen molar-refractivity contribution in [2.75, 3.05) is 6.61 Å². The summed E-state index contributed by atoms with van der Waals surface area (Å²) in [5.74, 6) is -1.90. The SMILES string of the molecule is CC(=O)OCC1OC(Oc2cc3ccccc3cc2O)C(OC(C)=O)C1OC(C)=O. The van der Waals surface area contributed by atoms with Crippen LogP contribution in [0.3, 0.4) is 0 Å². The highest BCUT2D eigenvalue weighted by atomic mass is 16.7. The number of aromatic hydroxyl groups is 1. The van der Waals surface area contributed by atoms with E-state index >= 15 is 0 Å². The van der Waals surface area contributed by atoms with Crippen LogP contribution in [0.2, 0.25) is 0 Å². The van der Waals surface area contributed by atoms with Crippen LogP contribution < -0.4 is 4.74 Å². The Morgan fingerprint density at radius 2 is 1.53 bits per heavy atom. The van der Waals surface area contributed by atoms with Crippen molar-refractivity contribution in [3.05, 3.63) is 36.4 Å². The van der Waals surface area contributed by atoms with Crippen LogP contribution in [-0.4, -0.2) is 54.2 Å². The Kier molecular flexibility index (Phi) is 6.41. The monoisotopic (exact) mass is 418 g/mol. The molecular formula is C21H22O9. The third-order valence-electron chi connectivity index (χ3n) is 4.39. The molecule has 0 bridgehead atoms. The largest absolute Gasteiger partial charge is 0.504 e. The first-order valence-corrected chi connectivity index (χ1v) is 9.26. The lowest BCUT2D eigenvalue weighted by Crippen LogP contribution is -2.42. The first-order valence-electron chi connectivity index (χ1n) is 9.26. The van der Waals surface area contributed by atoms with Crippen LogP contribution >= 0.6 is 0 Å². The van der Waals surface area contributed by atoms with Gasteiger partial charge in [-0.15, -0.1) is 0 Å². The smallest absolute Gasteiger partial charge is 0.303 e. The molecule has 1 N–H and O–H groups in total. The molecule has 0 radical (unpaired) electrons. The molecular weight excluding hydrogens is 396 g/mol. The highest BCUT2D eigenvalue weighted by Gasteiger charge is 2.51. The zero-order valence-corrected chi connectivity index (χ0v) is 16.7. The number of phenols is 1. The molecule has 4 unspecified atom stereocenters. The van der Waals surface area contributed by atoms with Crippen LogP contribution in [0, 0.1) is 0 Å². The van der Waals surface area contributed by atoms with Crippen molar-refractivity contribution >= 4 is 28.7 Å². The predicted octanol–water partition coefficient (Wildman–Crippen LogP) is 2.08. The molecule has 3 rings (SSSR count). The van der Waals surface area contributed by atoms with Crippen molar-refractivity contribution in [2.24, 2.45) is 0 Å². The molecule has 1 saturated heterocycles. The van der Waals surface area contributed by atoms with Crippen molar-refractivity contribution in [3.8, 4) is 11.5 Å². The van der Waals surface area contributed by atoms with Gasteiger partial charge in [-0.25, -0.2) is 0 Å². The van der Waals surface area contributed by atoms with Crippen molar-refractivity contribution in [2.45, 2.75) is 45.4 Å². The topological polar surface area (TPSA) is 118 Å². The molecule has 0 saturated carbocycles. The predicted molar refractivity (Wildman–Crippen MR) is 103 cm³/mol. The Labute approximate surface area is 172 Å². The Bertz CT molecular complexity index is 955. The fraction of sp³-hybridized carbons (Fsp3) is 0.381. The minimum atomic E-state index is -1.22. The van der Waals surface area contributed by atoms with Crippen LogP contribution in [-0.2, 0) is 33.3 Å². The molecule has 0 spiro atoms. The van der Waals surface area contributed by atoms with Gasteiger partial charge in [-0.05, 0) is 22.9 Å². The first-order chi connectivity index (χ1) is 14.2. The highest BCUT2D eigenvalue weighted by Crippen LogP contribution is 2.36. The second-order valence-corrected chi connectivity index (χ2v) is 6.78. The van der Waals surface area contributed by atoms with E-state index in [2.05, 4.69) is 0 Å². The van der Waals surface area contributed by atoms with E-state index in [-0.39, 0.29) is 18.1 Å². The van der Waals surface area contributed by atoms with Crippen molar-refractivity contribution in [1.82, 2.24) is 0 Å². The Morgan fingerprint density at radius 3 is 2.13 bits per heavy atom. The second-order valence-electron chi connectivity index (χ2n) is 6.78. The van der Waals surface area contributed by atoms with E-state index in [0.29, 0.717) is 0 Å². The summed E-state index contributed by atoms with van der Waals surface area (Å²) in [6, 6.07) is 10.5. The Hall–Kier alpha value is -3.33. The number of phenolic OH excluding ortho intramolecular Hbond substituents is 1. The summed E-state index contributed by atoms with van der Waals surface area (Å²) in [5, 5.41) is 12.0. The number of fused-ring (bicyclic) bond motifs is 1. The zero-order valence-electron chi connectivity index (χ0n) is 16.7. The minimum absolute atomic E-state index is 0.0885. The summed E-state index contributed by atoms with van der Waals surface area (Å²) in [7, 11) is 0. The third kappa shape index (κ3) is 4.98. The first kappa shape index (κ1) is 21.4. The van der Waals surface area contributed by atoms with Crippen LogP contribution in [0.25, 0.3) is 10.8 Å². The normalized spacial score (nSPS) is 23.0. The quantitative estimate of drug-likeness (QED) is 0.556. The van der Waals surface area contributed by atoms with Crippen LogP contribution in [0.4, 0.5) is 0 Å². The minimum Gasteiger partial charge on any atom is -0.504 e. The van der Waals surface area contributed by atoms with Gasteiger partial charge < -0.3 is 28.8 Å². The molecule has 1 aliphatic rings. The van der Waals surface area contributed by atoms with E-state index in [0.717, 1.165) is 10.8 Å². The lowest BCUT2D eigenvalue weighted by atomic mass is 10.1. The number of ether oxygens (including phenoxy) is 5. The Balaban J connectivity index is 1.90. The maximum absolute atomic E-state index is 11.6. The van der Waals surface area contributed by atoms with E-state index in [1.165, 1.54) is 26.8 Å². The van der Waals surface area contributed by atoms with E-state index in [4.69, 9.17) is 23.7 Å². The molecule has 30 heavy (non-hydrogen) atoms. The van der Waals surface area contributed by atoms with Gasteiger partial charge in [0.15, 0.2) is 17.6 Å². The van der Waals surface area contributed by atoms with Crippen molar-refractivity contribution in [3.63, 3.8) is 0 Å². The molecule has 1 fully saturated rings.